The van der Waals surface area contributed by atoms with E-state index >= 15 is 0 Å². The summed E-state index contributed by atoms with van der Waals surface area (Å²) in [5.41, 5.74) is 1.29. The number of rotatable bonds is 2. The molecule has 4 heteroatoms. The van der Waals surface area contributed by atoms with Gasteiger partial charge in [-0.05, 0) is 59.0 Å². The molecule has 0 aliphatic heterocycles. The molecule has 0 radical (unpaired) electrons. The summed E-state index contributed by atoms with van der Waals surface area (Å²) in [4.78, 5) is 12.3. The third-order valence-electron chi connectivity index (χ3n) is 3.25. The number of fused-ring (bicyclic) bond motifs is 1. The lowest BCUT2D eigenvalue weighted by Gasteiger charge is -2.09. The van der Waals surface area contributed by atoms with Gasteiger partial charge in [0, 0.05) is 25.6 Å². The Morgan fingerprint density at radius 3 is 2.33 bits per heavy atom. The molecular weight excluding hydrogens is 377 g/mol. The molecule has 0 aliphatic carbocycles. The summed E-state index contributed by atoms with van der Waals surface area (Å²) >= 11 is 2.20. The van der Waals surface area contributed by atoms with Crippen molar-refractivity contribution in [3.8, 4) is 5.75 Å². The van der Waals surface area contributed by atoms with E-state index < -0.39 is 0 Å². The molecule has 0 aromatic heterocycles. The van der Waals surface area contributed by atoms with E-state index in [1.807, 2.05) is 36.4 Å². The summed E-state index contributed by atoms with van der Waals surface area (Å²) < 4.78 is 1.08. The summed E-state index contributed by atoms with van der Waals surface area (Å²) in [6.07, 6.45) is 0. The van der Waals surface area contributed by atoms with Crippen molar-refractivity contribution in [2.75, 3.05) is 5.32 Å². The van der Waals surface area contributed by atoms with E-state index in [1.165, 1.54) is 0 Å². The molecule has 0 unspecified atom stereocenters. The molecule has 104 valence electrons. The number of phenolic OH excluding ortho intramolecular Hbond substituents is 1. The highest BCUT2D eigenvalue weighted by Crippen LogP contribution is 2.30. The lowest BCUT2D eigenvalue weighted by molar-refractivity contribution is 0.102. The Kier molecular flexibility index (Phi) is 3.79. The third kappa shape index (κ3) is 2.85. The van der Waals surface area contributed by atoms with Crippen LogP contribution in [0, 0.1) is 3.57 Å². The number of halogens is 1. The highest BCUT2D eigenvalue weighted by Gasteiger charge is 2.09. The molecular formula is C17H12INO2. The number of carbonyl (C=O) groups excluding carboxylic acids is 1. The fraction of sp³-hybridized carbons (Fsp3) is 0. The predicted molar refractivity (Wildman–Crippen MR) is 92.7 cm³/mol. The maximum atomic E-state index is 12.3. The minimum absolute atomic E-state index is 0.165. The Bertz CT molecular complexity index is 813. The minimum Gasteiger partial charge on any atom is -0.507 e. The maximum Gasteiger partial charge on any atom is 0.255 e. The fourth-order valence-corrected chi connectivity index (χ4v) is 2.56. The molecule has 0 fully saturated rings. The van der Waals surface area contributed by atoms with Crippen LogP contribution in [0.5, 0.6) is 5.75 Å². The van der Waals surface area contributed by atoms with E-state index in [9.17, 15) is 9.90 Å². The molecule has 3 rings (SSSR count). The Morgan fingerprint density at radius 1 is 0.905 bits per heavy atom. The van der Waals surface area contributed by atoms with E-state index in [4.69, 9.17) is 0 Å². The lowest BCUT2D eigenvalue weighted by Crippen LogP contribution is -2.12. The molecule has 0 bridgehead atoms. The van der Waals surface area contributed by atoms with Gasteiger partial charge in [-0.1, -0.05) is 24.3 Å². The van der Waals surface area contributed by atoms with Gasteiger partial charge in [0.1, 0.15) is 5.75 Å². The highest BCUT2D eigenvalue weighted by molar-refractivity contribution is 14.1. The molecule has 21 heavy (non-hydrogen) atoms. The zero-order valence-electron chi connectivity index (χ0n) is 11.0. The number of anilines is 1. The molecule has 3 aromatic carbocycles. The predicted octanol–water partition coefficient (Wildman–Crippen LogP) is 4.40. The summed E-state index contributed by atoms with van der Waals surface area (Å²) in [6.45, 7) is 0. The number of benzene rings is 3. The molecule has 0 saturated heterocycles. The Labute approximate surface area is 135 Å². The SMILES string of the molecule is O=C(Nc1cccc2c(O)cccc12)c1ccc(I)cc1. The minimum atomic E-state index is -0.165. The second-order valence-electron chi connectivity index (χ2n) is 4.64. The number of aromatic hydroxyl groups is 1. The number of carbonyl (C=O) groups is 1. The van der Waals surface area contributed by atoms with Gasteiger partial charge in [0.2, 0.25) is 0 Å². The molecule has 3 aromatic rings. The molecule has 2 N–H and O–H groups in total. The molecule has 0 spiro atoms. The van der Waals surface area contributed by atoms with E-state index in [-0.39, 0.29) is 11.7 Å². The summed E-state index contributed by atoms with van der Waals surface area (Å²) in [5, 5.41) is 14.3. The van der Waals surface area contributed by atoms with Crippen LogP contribution in [-0.2, 0) is 0 Å². The van der Waals surface area contributed by atoms with Crippen LogP contribution in [0.2, 0.25) is 0 Å². The first-order valence-corrected chi connectivity index (χ1v) is 7.50. The number of amides is 1. The van der Waals surface area contributed by atoms with Crippen molar-refractivity contribution in [3.63, 3.8) is 0 Å². The van der Waals surface area contributed by atoms with Gasteiger partial charge in [-0.15, -0.1) is 0 Å². The van der Waals surface area contributed by atoms with E-state index in [0.717, 1.165) is 14.3 Å². The molecule has 0 heterocycles. The molecule has 1 amide bonds. The highest BCUT2D eigenvalue weighted by atomic mass is 127. The topological polar surface area (TPSA) is 49.3 Å². The zero-order chi connectivity index (χ0) is 14.8. The molecule has 0 saturated carbocycles. The first-order valence-electron chi connectivity index (χ1n) is 6.43. The van der Waals surface area contributed by atoms with Gasteiger partial charge in [0.25, 0.3) is 5.91 Å². The lowest BCUT2D eigenvalue weighted by atomic mass is 10.1. The quantitative estimate of drug-likeness (QED) is 0.639. The van der Waals surface area contributed by atoms with Crippen molar-refractivity contribution < 1.29 is 9.90 Å². The fourth-order valence-electron chi connectivity index (χ4n) is 2.20. The van der Waals surface area contributed by atoms with Crippen molar-refractivity contribution in [1.29, 1.82) is 0 Å². The van der Waals surface area contributed by atoms with Gasteiger partial charge in [-0.25, -0.2) is 0 Å². The molecule has 0 atom stereocenters. The normalized spacial score (nSPS) is 10.5. The first kappa shape index (κ1) is 13.9. The average molecular weight is 389 g/mol. The van der Waals surface area contributed by atoms with Crippen LogP contribution in [0.3, 0.4) is 0 Å². The van der Waals surface area contributed by atoms with Crippen molar-refractivity contribution in [2.45, 2.75) is 0 Å². The van der Waals surface area contributed by atoms with Crippen molar-refractivity contribution in [3.05, 3.63) is 69.8 Å². The Balaban J connectivity index is 1.96. The molecule has 0 aliphatic rings. The van der Waals surface area contributed by atoms with Crippen LogP contribution in [0.4, 0.5) is 5.69 Å². The van der Waals surface area contributed by atoms with Gasteiger partial charge in [0.05, 0.1) is 0 Å². The van der Waals surface area contributed by atoms with E-state index in [0.29, 0.717) is 11.3 Å². The van der Waals surface area contributed by atoms with Crippen LogP contribution in [0.25, 0.3) is 10.8 Å². The van der Waals surface area contributed by atoms with Gasteiger partial charge < -0.3 is 10.4 Å². The van der Waals surface area contributed by atoms with Crippen LogP contribution in [-0.4, -0.2) is 11.0 Å². The van der Waals surface area contributed by atoms with Crippen LogP contribution < -0.4 is 5.32 Å². The maximum absolute atomic E-state index is 12.3. The van der Waals surface area contributed by atoms with Crippen LogP contribution in [0.1, 0.15) is 10.4 Å². The van der Waals surface area contributed by atoms with Gasteiger partial charge >= 0.3 is 0 Å². The smallest absolute Gasteiger partial charge is 0.255 e. The zero-order valence-corrected chi connectivity index (χ0v) is 13.2. The third-order valence-corrected chi connectivity index (χ3v) is 3.97. The summed E-state index contributed by atoms with van der Waals surface area (Å²) in [7, 11) is 0. The first-order chi connectivity index (χ1) is 10.1. The number of hydrogen-bond acceptors (Lipinski definition) is 2. The van der Waals surface area contributed by atoms with E-state index in [1.54, 1.807) is 24.3 Å². The second kappa shape index (κ2) is 5.73. The van der Waals surface area contributed by atoms with Crippen molar-refractivity contribution >= 4 is 45.0 Å². The van der Waals surface area contributed by atoms with Gasteiger partial charge in [-0.3, -0.25) is 4.79 Å². The number of nitrogens with one attached hydrogen (secondary N) is 1. The summed E-state index contributed by atoms with van der Waals surface area (Å²) in [5.74, 6) is 0.0418. The van der Waals surface area contributed by atoms with Crippen molar-refractivity contribution in [2.24, 2.45) is 0 Å². The summed E-state index contributed by atoms with van der Waals surface area (Å²) in [6, 6.07) is 18.1. The van der Waals surface area contributed by atoms with Gasteiger partial charge in [-0.2, -0.15) is 0 Å². The van der Waals surface area contributed by atoms with Gasteiger partial charge in [0.15, 0.2) is 0 Å². The van der Waals surface area contributed by atoms with Crippen LogP contribution in [0.15, 0.2) is 60.7 Å². The average Bonchev–Trinajstić information content (AvgIpc) is 2.49. The number of phenols is 1. The molecule has 3 nitrogen and oxygen atoms in total. The Morgan fingerprint density at radius 2 is 1.57 bits per heavy atom. The monoisotopic (exact) mass is 389 g/mol. The second-order valence-corrected chi connectivity index (χ2v) is 5.88. The Hall–Kier alpha value is -2.08. The number of hydrogen-bond donors (Lipinski definition) is 2. The largest absolute Gasteiger partial charge is 0.507 e. The van der Waals surface area contributed by atoms with E-state index in [2.05, 4.69) is 27.9 Å². The standard InChI is InChI=1S/C17H12INO2/c18-12-9-7-11(8-10-12)17(21)19-15-5-1-4-14-13(15)3-2-6-16(14)20/h1-10,20H,(H,19,21). The van der Waals surface area contributed by atoms with Crippen molar-refractivity contribution in [1.82, 2.24) is 0 Å². The van der Waals surface area contributed by atoms with Crippen LogP contribution >= 0.6 is 22.6 Å².